The molecule has 1 aromatic carbocycles. The second-order valence-electron chi connectivity index (χ2n) is 6.32. The maximum absolute atomic E-state index is 13.0. The van der Waals surface area contributed by atoms with E-state index in [1.807, 2.05) is 6.07 Å². The van der Waals surface area contributed by atoms with E-state index in [1.54, 1.807) is 4.31 Å². The molecule has 1 aromatic rings. The lowest BCUT2D eigenvalue weighted by atomic mass is 9.78. The topological polar surface area (TPSA) is 82.4 Å². The fourth-order valence-electron chi connectivity index (χ4n) is 3.55. The Balaban J connectivity index is 0.00000208. The van der Waals surface area contributed by atoms with E-state index in [-0.39, 0.29) is 28.5 Å². The summed E-state index contributed by atoms with van der Waals surface area (Å²) in [5.41, 5.74) is 0.495. The van der Waals surface area contributed by atoms with Crippen molar-refractivity contribution in [3.05, 3.63) is 23.8 Å². The summed E-state index contributed by atoms with van der Waals surface area (Å²) in [6.07, 6.45) is 2.94. The van der Waals surface area contributed by atoms with Gasteiger partial charge in [-0.2, -0.15) is 9.57 Å². The highest BCUT2D eigenvalue weighted by Gasteiger charge is 2.43. The van der Waals surface area contributed by atoms with Gasteiger partial charge >= 0.3 is 0 Å². The largest absolute Gasteiger partial charge is 0.495 e. The van der Waals surface area contributed by atoms with Gasteiger partial charge in [-0.3, -0.25) is 0 Å². The summed E-state index contributed by atoms with van der Waals surface area (Å²) >= 11 is 0. The molecule has 0 amide bonds. The van der Waals surface area contributed by atoms with Crippen molar-refractivity contribution in [3.63, 3.8) is 0 Å². The molecule has 2 aliphatic heterocycles. The van der Waals surface area contributed by atoms with E-state index in [4.69, 9.17) is 10.00 Å². The number of nitrogens with one attached hydrogen (secondary N) is 1. The van der Waals surface area contributed by atoms with Gasteiger partial charge in [-0.05, 0) is 56.0 Å². The maximum atomic E-state index is 13.0. The first-order valence-corrected chi connectivity index (χ1v) is 9.24. The average Bonchev–Trinajstić information content (AvgIpc) is 2.99. The van der Waals surface area contributed by atoms with E-state index in [9.17, 15) is 8.42 Å². The van der Waals surface area contributed by atoms with Gasteiger partial charge in [0, 0.05) is 13.1 Å². The Morgan fingerprint density at radius 3 is 2.62 bits per heavy atom. The molecule has 0 unspecified atom stereocenters. The van der Waals surface area contributed by atoms with Crippen LogP contribution >= 0.6 is 12.4 Å². The molecule has 2 aliphatic rings. The number of hydrogen-bond donors (Lipinski definition) is 1. The van der Waals surface area contributed by atoms with Crippen molar-refractivity contribution in [3.8, 4) is 11.8 Å². The zero-order valence-electron chi connectivity index (χ0n) is 13.6. The lowest BCUT2D eigenvalue weighted by molar-refractivity contribution is 0.218. The summed E-state index contributed by atoms with van der Waals surface area (Å²) in [6, 6.07) is 6.47. The SMILES string of the molecule is COc1cc(C#N)ccc1S(=O)(=O)N1CCC2(CCNCC2)C1.Cl. The first-order valence-electron chi connectivity index (χ1n) is 7.80. The van der Waals surface area contributed by atoms with Crippen LogP contribution in [0, 0.1) is 16.7 Å². The zero-order valence-corrected chi connectivity index (χ0v) is 15.3. The maximum Gasteiger partial charge on any atom is 0.246 e. The minimum atomic E-state index is -3.60. The Morgan fingerprint density at radius 2 is 2.00 bits per heavy atom. The highest BCUT2D eigenvalue weighted by atomic mass is 35.5. The Labute approximate surface area is 149 Å². The van der Waals surface area contributed by atoms with E-state index in [0.717, 1.165) is 32.4 Å². The number of rotatable bonds is 3. The van der Waals surface area contributed by atoms with E-state index < -0.39 is 10.0 Å². The molecule has 2 fully saturated rings. The molecule has 0 aromatic heterocycles. The van der Waals surface area contributed by atoms with Gasteiger partial charge in [0.25, 0.3) is 0 Å². The summed E-state index contributed by atoms with van der Waals surface area (Å²) in [5, 5.41) is 12.3. The van der Waals surface area contributed by atoms with E-state index in [0.29, 0.717) is 18.7 Å². The van der Waals surface area contributed by atoms with Crippen molar-refractivity contribution < 1.29 is 13.2 Å². The third-order valence-corrected chi connectivity index (χ3v) is 6.86. The molecule has 3 rings (SSSR count). The lowest BCUT2D eigenvalue weighted by Crippen LogP contribution is -2.39. The number of methoxy groups -OCH3 is 1. The first kappa shape index (κ1) is 19.0. The van der Waals surface area contributed by atoms with Crippen molar-refractivity contribution in [1.29, 1.82) is 5.26 Å². The standard InChI is InChI=1S/C16H21N3O3S.ClH/c1-22-14-10-13(11-17)2-3-15(14)23(20,21)19-9-6-16(12-19)4-7-18-8-5-16;/h2-3,10,18H,4-9,12H2,1H3;1H. The number of ether oxygens (including phenoxy) is 1. The molecule has 8 heteroatoms. The van der Waals surface area contributed by atoms with Crippen LogP contribution < -0.4 is 10.1 Å². The summed E-state index contributed by atoms with van der Waals surface area (Å²) in [6.45, 7) is 3.02. The molecule has 0 radical (unpaired) electrons. The number of hydrogen-bond acceptors (Lipinski definition) is 5. The van der Waals surface area contributed by atoms with Gasteiger partial charge in [-0.25, -0.2) is 8.42 Å². The summed E-state index contributed by atoms with van der Waals surface area (Å²) in [7, 11) is -2.18. The molecule has 0 bridgehead atoms. The molecular weight excluding hydrogens is 350 g/mol. The van der Waals surface area contributed by atoms with Crippen LogP contribution in [0.4, 0.5) is 0 Å². The number of halogens is 1. The molecule has 1 spiro atoms. The minimum absolute atomic E-state index is 0. The Morgan fingerprint density at radius 1 is 1.29 bits per heavy atom. The predicted octanol–water partition coefficient (Wildman–Crippen LogP) is 1.75. The highest BCUT2D eigenvalue weighted by Crippen LogP contribution is 2.41. The molecule has 0 aliphatic carbocycles. The Hall–Kier alpha value is -1.33. The van der Waals surface area contributed by atoms with Crippen LogP contribution in [0.5, 0.6) is 5.75 Å². The summed E-state index contributed by atoms with van der Waals surface area (Å²) in [5.74, 6) is 0.232. The van der Waals surface area contributed by atoms with Crippen LogP contribution in [-0.4, -0.2) is 46.0 Å². The number of benzene rings is 1. The van der Waals surface area contributed by atoms with Crippen LogP contribution in [0.15, 0.2) is 23.1 Å². The highest BCUT2D eigenvalue weighted by molar-refractivity contribution is 7.89. The molecule has 6 nitrogen and oxygen atoms in total. The quantitative estimate of drug-likeness (QED) is 0.875. The fourth-order valence-corrected chi connectivity index (χ4v) is 5.24. The summed E-state index contributed by atoms with van der Waals surface area (Å²) < 4.78 is 32.7. The third-order valence-electron chi connectivity index (χ3n) is 4.98. The molecule has 2 heterocycles. The van der Waals surface area contributed by atoms with Crippen molar-refractivity contribution in [2.45, 2.75) is 24.2 Å². The smallest absolute Gasteiger partial charge is 0.246 e. The van der Waals surface area contributed by atoms with Crippen molar-refractivity contribution in [2.75, 3.05) is 33.3 Å². The third kappa shape index (κ3) is 3.38. The average molecular weight is 372 g/mol. The molecule has 1 N–H and O–H groups in total. The van der Waals surface area contributed by atoms with Crippen molar-refractivity contribution in [1.82, 2.24) is 9.62 Å². The second-order valence-corrected chi connectivity index (χ2v) is 8.22. The number of piperidine rings is 1. The number of nitriles is 1. The Bertz CT molecular complexity index is 739. The van der Waals surface area contributed by atoms with E-state index in [1.165, 1.54) is 25.3 Å². The molecular formula is C16H22ClN3O3S. The molecule has 24 heavy (non-hydrogen) atoms. The van der Waals surface area contributed by atoms with Gasteiger partial charge in [-0.15, -0.1) is 12.4 Å². The van der Waals surface area contributed by atoms with Gasteiger partial charge < -0.3 is 10.1 Å². The van der Waals surface area contributed by atoms with Gasteiger partial charge in [-0.1, -0.05) is 0 Å². The molecule has 2 saturated heterocycles. The second kappa shape index (κ2) is 7.28. The summed E-state index contributed by atoms with van der Waals surface area (Å²) in [4.78, 5) is 0.144. The zero-order chi connectivity index (χ0) is 16.5. The number of nitrogens with zero attached hydrogens (tertiary/aromatic N) is 2. The lowest BCUT2D eigenvalue weighted by Gasteiger charge is -2.33. The number of sulfonamides is 1. The molecule has 132 valence electrons. The minimum Gasteiger partial charge on any atom is -0.495 e. The first-order chi connectivity index (χ1) is 11.0. The van der Waals surface area contributed by atoms with Crippen LogP contribution in [0.2, 0.25) is 0 Å². The molecule has 0 saturated carbocycles. The van der Waals surface area contributed by atoms with Crippen molar-refractivity contribution >= 4 is 22.4 Å². The van der Waals surface area contributed by atoms with E-state index >= 15 is 0 Å². The van der Waals surface area contributed by atoms with E-state index in [2.05, 4.69) is 5.32 Å². The van der Waals surface area contributed by atoms with Crippen LogP contribution in [0.3, 0.4) is 0 Å². The van der Waals surface area contributed by atoms with Gasteiger partial charge in [0.2, 0.25) is 10.0 Å². The molecule has 0 atom stereocenters. The normalized spacial score (nSPS) is 20.3. The monoisotopic (exact) mass is 371 g/mol. The van der Waals surface area contributed by atoms with Gasteiger partial charge in [0.05, 0.1) is 18.7 Å². The van der Waals surface area contributed by atoms with Gasteiger partial charge in [0.1, 0.15) is 10.6 Å². The fraction of sp³-hybridized carbons (Fsp3) is 0.562. The Kier molecular flexibility index (Phi) is 5.76. The predicted molar refractivity (Wildman–Crippen MR) is 92.9 cm³/mol. The van der Waals surface area contributed by atoms with Crippen LogP contribution in [0.1, 0.15) is 24.8 Å². The van der Waals surface area contributed by atoms with Crippen LogP contribution in [0.25, 0.3) is 0 Å². The van der Waals surface area contributed by atoms with Crippen LogP contribution in [-0.2, 0) is 10.0 Å². The van der Waals surface area contributed by atoms with Crippen molar-refractivity contribution in [2.24, 2.45) is 5.41 Å². The van der Waals surface area contributed by atoms with Gasteiger partial charge in [0.15, 0.2) is 0 Å².